The minimum absolute atomic E-state index is 0.462. The van der Waals surface area contributed by atoms with E-state index >= 15 is 0 Å². The molecule has 156 valence electrons. The molecule has 0 saturated carbocycles. The van der Waals surface area contributed by atoms with Gasteiger partial charge in [0, 0.05) is 51.5 Å². The maximum Gasteiger partial charge on any atom is 0.191 e. The van der Waals surface area contributed by atoms with Crippen molar-refractivity contribution in [1.29, 1.82) is 0 Å². The number of nitrogens with one attached hydrogen (secondary N) is 2. The predicted octanol–water partition coefficient (Wildman–Crippen LogP) is 2.81. The fourth-order valence-electron chi connectivity index (χ4n) is 3.33. The van der Waals surface area contributed by atoms with Crippen LogP contribution in [0.2, 0.25) is 0 Å². The van der Waals surface area contributed by atoms with E-state index in [1.54, 1.807) is 13.2 Å². The van der Waals surface area contributed by atoms with Crippen molar-refractivity contribution in [3.63, 3.8) is 0 Å². The lowest BCUT2D eigenvalue weighted by atomic mass is 10.1. The summed E-state index contributed by atoms with van der Waals surface area (Å²) >= 11 is 0. The average molecular weight is 389 g/mol. The Labute approximate surface area is 170 Å². The summed E-state index contributed by atoms with van der Waals surface area (Å²) in [4.78, 5) is 7.31. The molecule has 1 saturated heterocycles. The molecular formula is C22H36N4O2. The van der Waals surface area contributed by atoms with E-state index in [1.165, 1.54) is 0 Å². The Balaban J connectivity index is 1.87. The number of ether oxygens (including phenoxy) is 2. The molecule has 0 radical (unpaired) electrons. The topological polar surface area (TPSA) is 58.1 Å². The zero-order valence-electron chi connectivity index (χ0n) is 17.5. The fraction of sp³-hybridized carbons (Fsp3) is 0.591. The van der Waals surface area contributed by atoms with Crippen LogP contribution in [0.3, 0.4) is 0 Å². The van der Waals surface area contributed by atoms with Gasteiger partial charge in [-0.15, -0.1) is 0 Å². The number of para-hydroxylation sites is 1. The van der Waals surface area contributed by atoms with E-state index in [9.17, 15) is 0 Å². The first-order chi connectivity index (χ1) is 13.8. The van der Waals surface area contributed by atoms with Gasteiger partial charge in [-0.05, 0) is 32.3 Å². The van der Waals surface area contributed by atoms with Crippen LogP contribution >= 0.6 is 0 Å². The maximum absolute atomic E-state index is 5.74. The molecule has 28 heavy (non-hydrogen) atoms. The van der Waals surface area contributed by atoms with Gasteiger partial charge in [0.05, 0.1) is 6.54 Å². The van der Waals surface area contributed by atoms with Crippen molar-refractivity contribution >= 4 is 5.96 Å². The number of hydrogen-bond donors (Lipinski definition) is 2. The molecular weight excluding hydrogens is 352 g/mol. The van der Waals surface area contributed by atoms with E-state index in [0.29, 0.717) is 19.2 Å². The first kappa shape index (κ1) is 22.2. The number of guanidine groups is 1. The van der Waals surface area contributed by atoms with Gasteiger partial charge in [0.2, 0.25) is 0 Å². The first-order valence-corrected chi connectivity index (χ1v) is 10.3. The summed E-state index contributed by atoms with van der Waals surface area (Å²) in [5.74, 6) is 1.74. The monoisotopic (exact) mass is 388 g/mol. The van der Waals surface area contributed by atoms with Crippen LogP contribution in [0, 0.1) is 0 Å². The first-order valence-electron chi connectivity index (χ1n) is 10.3. The summed E-state index contributed by atoms with van der Waals surface area (Å²) in [6.45, 7) is 11.9. The van der Waals surface area contributed by atoms with Gasteiger partial charge in [-0.1, -0.05) is 30.9 Å². The van der Waals surface area contributed by atoms with Gasteiger partial charge in [0.15, 0.2) is 5.96 Å². The highest BCUT2D eigenvalue weighted by Gasteiger charge is 2.19. The lowest BCUT2D eigenvalue weighted by Gasteiger charge is -2.33. The number of aliphatic imine (C=N–C) groups is 1. The molecule has 6 nitrogen and oxygen atoms in total. The fourth-order valence-corrected chi connectivity index (χ4v) is 3.33. The molecule has 0 unspecified atom stereocenters. The largest absolute Gasteiger partial charge is 0.489 e. The van der Waals surface area contributed by atoms with Crippen LogP contribution in [0.15, 0.2) is 41.9 Å². The van der Waals surface area contributed by atoms with Crippen molar-refractivity contribution < 1.29 is 9.47 Å². The van der Waals surface area contributed by atoms with Gasteiger partial charge in [-0.25, -0.2) is 4.99 Å². The predicted molar refractivity (Wildman–Crippen MR) is 116 cm³/mol. The lowest BCUT2D eigenvalue weighted by Crippen LogP contribution is -2.48. The quantitative estimate of drug-likeness (QED) is 0.264. The Bertz CT molecular complexity index is 598. The van der Waals surface area contributed by atoms with Crippen molar-refractivity contribution in [1.82, 2.24) is 15.5 Å². The normalized spacial score (nSPS) is 16.0. The Morgan fingerprint density at radius 1 is 1.32 bits per heavy atom. The third-order valence-electron chi connectivity index (χ3n) is 4.83. The van der Waals surface area contributed by atoms with Crippen molar-refractivity contribution in [2.75, 3.05) is 46.5 Å². The Hall–Kier alpha value is -2.05. The molecule has 0 amide bonds. The number of rotatable bonds is 11. The van der Waals surface area contributed by atoms with Crippen molar-refractivity contribution in [3.8, 4) is 5.75 Å². The van der Waals surface area contributed by atoms with E-state index in [4.69, 9.17) is 14.5 Å². The van der Waals surface area contributed by atoms with Crippen LogP contribution in [0.4, 0.5) is 0 Å². The summed E-state index contributed by atoms with van der Waals surface area (Å²) in [6.07, 6.45) is 5.13. The summed E-state index contributed by atoms with van der Waals surface area (Å²) in [6, 6.07) is 8.50. The average Bonchev–Trinajstić information content (AvgIpc) is 2.72. The minimum atomic E-state index is 0.462. The standard InChI is InChI=1S/C22H36N4O2/c1-4-16-28-21-10-7-6-9-19(21)18-24-22(23-5-2)25-20-11-14-26(15-12-20)13-8-17-27-3/h4,6-7,9-10,20H,1,5,8,11-18H2,2-3H3,(H2,23,24,25). The number of nitrogens with zero attached hydrogens (tertiary/aromatic N) is 2. The SMILES string of the molecule is C=CCOc1ccccc1CN=C(NCC)NC1CCN(CCCOC)CC1. The number of hydrogen-bond acceptors (Lipinski definition) is 4. The Kier molecular flexibility index (Phi) is 10.5. The zero-order valence-corrected chi connectivity index (χ0v) is 17.5. The van der Waals surface area contributed by atoms with Crippen LogP contribution in [-0.4, -0.2) is 63.4 Å². The molecule has 1 heterocycles. The van der Waals surface area contributed by atoms with Gasteiger partial charge >= 0.3 is 0 Å². The van der Waals surface area contributed by atoms with Crippen LogP contribution in [0.5, 0.6) is 5.75 Å². The van der Waals surface area contributed by atoms with Crippen molar-refractivity contribution in [2.24, 2.45) is 4.99 Å². The number of benzene rings is 1. The zero-order chi connectivity index (χ0) is 20.0. The van der Waals surface area contributed by atoms with Crippen LogP contribution < -0.4 is 15.4 Å². The van der Waals surface area contributed by atoms with Crippen LogP contribution in [-0.2, 0) is 11.3 Å². The maximum atomic E-state index is 5.74. The summed E-state index contributed by atoms with van der Waals surface area (Å²) in [5.41, 5.74) is 1.08. The van der Waals surface area contributed by atoms with E-state index in [0.717, 1.165) is 69.3 Å². The molecule has 1 aliphatic heterocycles. The summed E-state index contributed by atoms with van der Waals surface area (Å²) in [5, 5.41) is 6.98. The molecule has 2 rings (SSSR count). The molecule has 0 atom stereocenters. The molecule has 1 aliphatic rings. The van der Waals surface area contributed by atoms with Crippen LogP contribution in [0.1, 0.15) is 31.7 Å². The van der Waals surface area contributed by atoms with Crippen LogP contribution in [0.25, 0.3) is 0 Å². The lowest BCUT2D eigenvalue weighted by molar-refractivity contribution is 0.155. The molecule has 1 aromatic carbocycles. The second-order valence-electron chi connectivity index (χ2n) is 7.01. The molecule has 6 heteroatoms. The molecule has 1 fully saturated rings. The van der Waals surface area contributed by atoms with E-state index in [-0.39, 0.29) is 0 Å². The van der Waals surface area contributed by atoms with Gasteiger partial charge in [-0.2, -0.15) is 0 Å². The molecule has 1 aromatic rings. The number of likely N-dealkylation sites (tertiary alicyclic amines) is 1. The molecule has 0 aromatic heterocycles. The van der Waals surface area contributed by atoms with Gasteiger partial charge in [0.1, 0.15) is 12.4 Å². The highest BCUT2D eigenvalue weighted by Crippen LogP contribution is 2.19. The molecule has 2 N–H and O–H groups in total. The molecule has 0 aliphatic carbocycles. The van der Waals surface area contributed by atoms with Crippen molar-refractivity contribution in [2.45, 2.75) is 38.8 Å². The summed E-state index contributed by atoms with van der Waals surface area (Å²) in [7, 11) is 1.77. The summed E-state index contributed by atoms with van der Waals surface area (Å²) < 4.78 is 10.9. The molecule has 0 spiro atoms. The smallest absolute Gasteiger partial charge is 0.191 e. The number of methoxy groups -OCH3 is 1. The Morgan fingerprint density at radius 3 is 2.82 bits per heavy atom. The van der Waals surface area contributed by atoms with E-state index < -0.39 is 0 Å². The number of piperidine rings is 1. The third-order valence-corrected chi connectivity index (χ3v) is 4.83. The van der Waals surface area contributed by atoms with Gasteiger partial charge in [-0.3, -0.25) is 0 Å². The van der Waals surface area contributed by atoms with E-state index in [2.05, 4.69) is 35.1 Å². The molecule has 0 bridgehead atoms. The van der Waals surface area contributed by atoms with Gasteiger partial charge < -0.3 is 25.0 Å². The second-order valence-corrected chi connectivity index (χ2v) is 7.01. The van der Waals surface area contributed by atoms with Crippen molar-refractivity contribution in [3.05, 3.63) is 42.5 Å². The minimum Gasteiger partial charge on any atom is -0.489 e. The second kappa shape index (κ2) is 13.2. The Morgan fingerprint density at radius 2 is 2.11 bits per heavy atom. The van der Waals surface area contributed by atoms with Gasteiger partial charge in [0.25, 0.3) is 0 Å². The third kappa shape index (κ3) is 7.90. The highest BCUT2D eigenvalue weighted by atomic mass is 16.5. The van der Waals surface area contributed by atoms with E-state index in [1.807, 2.05) is 18.2 Å². The highest BCUT2D eigenvalue weighted by molar-refractivity contribution is 5.80.